The van der Waals surface area contributed by atoms with Gasteiger partial charge in [-0.1, -0.05) is 26.7 Å². The topological polar surface area (TPSA) is 29.3 Å². The minimum Gasteiger partial charge on any atom is -0.368 e. The lowest BCUT2D eigenvalue weighted by Gasteiger charge is -2.35. The zero-order valence-electron chi connectivity index (χ0n) is 12.9. The SMILES string of the molecule is CC(C)CN(c1ccc(F)cc1C(C)N)C1CCCC1. The lowest BCUT2D eigenvalue weighted by molar-refractivity contribution is 0.531. The lowest BCUT2D eigenvalue weighted by Crippen LogP contribution is -2.37. The van der Waals surface area contributed by atoms with Crippen LogP contribution < -0.4 is 10.6 Å². The van der Waals surface area contributed by atoms with E-state index in [2.05, 4.69) is 18.7 Å². The van der Waals surface area contributed by atoms with E-state index in [0.29, 0.717) is 12.0 Å². The Kier molecular flexibility index (Phi) is 5.03. The third-order valence-corrected chi connectivity index (χ3v) is 4.12. The van der Waals surface area contributed by atoms with Crippen molar-refractivity contribution in [3.8, 4) is 0 Å². The molecule has 1 unspecified atom stereocenters. The van der Waals surface area contributed by atoms with E-state index in [4.69, 9.17) is 5.73 Å². The van der Waals surface area contributed by atoms with E-state index in [1.165, 1.54) is 25.7 Å². The van der Waals surface area contributed by atoms with Gasteiger partial charge in [0.1, 0.15) is 5.82 Å². The Labute approximate surface area is 122 Å². The van der Waals surface area contributed by atoms with Crippen LogP contribution in [0.5, 0.6) is 0 Å². The van der Waals surface area contributed by atoms with Gasteiger partial charge >= 0.3 is 0 Å². The summed E-state index contributed by atoms with van der Waals surface area (Å²) in [6, 6.07) is 5.51. The third-order valence-electron chi connectivity index (χ3n) is 4.12. The highest BCUT2D eigenvalue weighted by Gasteiger charge is 2.25. The molecule has 0 aromatic heterocycles. The van der Waals surface area contributed by atoms with E-state index in [-0.39, 0.29) is 11.9 Å². The van der Waals surface area contributed by atoms with Crippen LogP contribution in [0, 0.1) is 11.7 Å². The molecule has 0 aliphatic heterocycles. The average molecular weight is 278 g/mol. The van der Waals surface area contributed by atoms with Gasteiger partial charge in [-0.15, -0.1) is 0 Å². The van der Waals surface area contributed by atoms with Gasteiger partial charge in [-0.2, -0.15) is 0 Å². The van der Waals surface area contributed by atoms with Crippen molar-refractivity contribution in [1.29, 1.82) is 0 Å². The molecule has 1 aromatic rings. The minimum absolute atomic E-state index is 0.142. The molecule has 0 amide bonds. The minimum atomic E-state index is -0.197. The first-order valence-corrected chi connectivity index (χ1v) is 7.80. The number of hydrogen-bond donors (Lipinski definition) is 1. The van der Waals surface area contributed by atoms with E-state index in [1.807, 2.05) is 13.0 Å². The summed E-state index contributed by atoms with van der Waals surface area (Å²) >= 11 is 0. The second kappa shape index (κ2) is 6.57. The summed E-state index contributed by atoms with van der Waals surface area (Å²) in [5, 5.41) is 0. The molecular formula is C17H27FN2. The maximum absolute atomic E-state index is 13.5. The number of nitrogens with zero attached hydrogens (tertiary/aromatic N) is 1. The Hall–Kier alpha value is -1.09. The molecule has 0 saturated heterocycles. The monoisotopic (exact) mass is 278 g/mol. The fraction of sp³-hybridized carbons (Fsp3) is 0.647. The van der Waals surface area contributed by atoms with Crippen molar-refractivity contribution < 1.29 is 4.39 Å². The molecule has 0 radical (unpaired) electrons. The van der Waals surface area contributed by atoms with E-state index in [0.717, 1.165) is 17.8 Å². The molecule has 2 N–H and O–H groups in total. The van der Waals surface area contributed by atoms with Crippen LogP contribution in [-0.2, 0) is 0 Å². The fourth-order valence-corrected chi connectivity index (χ4v) is 3.21. The number of benzene rings is 1. The van der Waals surface area contributed by atoms with E-state index >= 15 is 0 Å². The molecular weight excluding hydrogens is 251 g/mol. The van der Waals surface area contributed by atoms with Crippen molar-refractivity contribution in [3.05, 3.63) is 29.6 Å². The molecule has 1 atom stereocenters. The summed E-state index contributed by atoms with van der Waals surface area (Å²) in [5.74, 6) is 0.388. The van der Waals surface area contributed by atoms with Gasteiger partial charge in [0.2, 0.25) is 0 Å². The summed E-state index contributed by atoms with van der Waals surface area (Å²) in [4.78, 5) is 2.47. The van der Waals surface area contributed by atoms with Crippen LogP contribution in [-0.4, -0.2) is 12.6 Å². The van der Waals surface area contributed by atoms with Crippen LogP contribution in [0.25, 0.3) is 0 Å². The quantitative estimate of drug-likeness (QED) is 0.872. The van der Waals surface area contributed by atoms with Crippen molar-refractivity contribution in [2.45, 2.75) is 58.5 Å². The Morgan fingerprint density at radius 1 is 1.25 bits per heavy atom. The molecule has 20 heavy (non-hydrogen) atoms. The van der Waals surface area contributed by atoms with Crippen LogP contribution in [0.3, 0.4) is 0 Å². The van der Waals surface area contributed by atoms with Crippen LogP contribution in [0.4, 0.5) is 10.1 Å². The van der Waals surface area contributed by atoms with Crippen LogP contribution in [0.15, 0.2) is 18.2 Å². The van der Waals surface area contributed by atoms with Gasteiger partial charge in [-0.05, 0) is 49.4 Å². The number of rotatable bonds is 5. The van der Waals surface area contributed by atoms with E-state index in [9.17, 15) is 4.39 Å². The zero-order chi connectivity index (χ0) is 14.7. The van der Waals surface area contributed by atoms with Gasteiger partial charge in [-0.25, -0.2) is 4.39 Å². The highest BCUT2D eigenvalue weighted by Crippen LogP contribution is 2.33. The molecule has 1 fully saturated rings. The molecule has 3 heteroatoms. The summed E-state index contributed by atoms with van der Waals surface area (Å²) in [5.41, 5.74) is 8.11. The first-order valence-electron chi connectivity index (χ1n) is 7.80. The first kappa shape index (κ1) is 15.3. The molecule has 1 aliphatic carbocycles. The number of anilines is 1. The highest BCUT2D eigenvalue weighted by molar-refractivity contribution is 5.56. The summed E-state index contributed by atoms with van der Waals surface area (Å²) in [6.07, 6.45) is 5.08. The Bertz CT molecular complexity index is 437. The van der Waals surface area contributed by atoms with Crippen molar-refractivity contribution in [3.63, 3.8) is 0 Å². The number of nitrogens with two attached hydrogens (primary N) is 1. The molecule has 0 bridgehead atoms. The summed E-state index contributed by atoms with van der Waals surface area (Å²) in [6.45, 7) is 7.41. The van der Waals surface area contributed by atoms with Crippen molar-refractivity contribution in [2.24, 2.45) is 11.7 Å². The van der Waals surface area contributed by atoms with Gasteiger partial charge in [0, 0.05) is 24.3 Å². The van der Waals surface area contributed by atoms with Crippen LogP contribution in [0.2, 0.25) is 0 Å². The largest absolute Gasteiger partial charge is 0.368 e. The van der Waals surface area contributed by atoms with Gasteiger partial charge in [0.25, 0.3) is 0 Å². The lowest BCUT2D eigenvalue weighted by atomic mass is 10.0. The van der Waals surface area contributed by atoms with Gasteiger partial charge in [0.15, 0.2) is 0 Å². The normalized spacial score (nSPS) is 17.7. The maximum atomic E-state index is 13.5. The van der Waals surface area contributed by atoms with Crippen molar-refractivity contribution in [1.82, 2.24) is 0 Å². The fourth-order valence-electron chi connectivity index (χ4n) is 3.21. The van der Waals surface area contributed by atoms with Gasteiger partial charge < -0.3 is 10.6 Å². The average Bonchev–Trinajstić information content (AvgIpc) is 2.89. The van der Waals surface area contributed by atoms with Crippen molar-refractivity contribution >= 4 is 5.69 Å². The molecule has 2 rings (SSSR count). The standard InChI is InChI=1S/C17H27FN2/c1-12(2)11-20(15-6-4-5-7-15)17-9-8-14(18)10-16(17)13(3)19/h8-10,12-13,15H,4-7,11,19H2,1-3H3. The van der Waals surface area contributed by atoms with Crippen molar-refractivity contribution in [2.75, 3.05) is 11.4 Å². The zero-order valence-corrected chi connectivity index (χ0v) is 12.9. The van der Waals surface area contributed by atoms with Gasteiger partial charge in [0.05, 0.1) is 0 Å². The van der Waals surface area contributed by atoms with Gasteiger partial charge in [-0.3, -0.25) is 0 Å². The Morgan fingerprint density at radius 3 is 2.45 bits per heavy atom. The molecule has 1 saturated carbocycles. The molecule has 0 heterocycles. The molecule has 112 valence electrons. The molecule has 2 nitrogen and oxygen atoms in total. The third kappa shape index (κ3) is 3.51. The smallest absolute Gasteiger partial charge is 0.123 e. The highest BCUT2D eigenvalue weighted by atomic mass is 19.1. The molecule has 1 aromatic carbocycles. The summed E-state index contributed by atoms with van der Waals surface area (Å²) in [7, 11) is 0. The molecule has 1 aliphatic rings. The van der Waals surface area contributed by atoms with E-state index in [1.54, 1.807) is 12.1 Å². The predicted octanol–water partition coefficient (Wildman–Crippen LogP) is 4.25. The Morgan fingerprint density at radius 2 is 1.90 bits per heavy atom. The Balaban J connectivity index is 2.36. The maximum Gasteiger partial charge on any atom is 0.123 e. The summed E-state index contributed by atoms with van der Waals surface area (Å²) < 4.78 is 13.5. The number of hydrogen-bond acceptors (Lipinski definition) is 2. The predicted molar refractivity (Wildman–Crippen MR) is 83.4 cm³/mol. The van der Waals surface area contributed by atoms with Crippen LogP contribution >= 0.6 is 0 Å². The van der Waals surface area contributed by atoms with Crippen LogP contribution in [0.1, 0.15) is 58.1 Å². The van der Waals surface area contributed by atoms with E-state index < -0.39 is 0 Å². The molecule has 0 spiro atoms. The second-order valence-corrected chi connectivity index (χ2v) is 6.48. The first-order chi connectivity index (χ1) is 9.49. The number of halogens is 1. The second-order valence-electron chi connectivity index (χ2n) is 6.48.